The molecular weight excluding hydrogens is 248 g/mol. The van der Waals surface area contributed by atoms with Crippen molar-refractivity contribution in [2.24, 2.45) is 0 Å². The van der Waals surface area contributed by atoms with E-state index in [0.29, 0.717) is 6.61 Å². The number of nitrogens with zero attached hydrogens (tertiary/aromatic N) is 4. The monoisotopic (exact) mass is 266 g/mol. The van der Waals surface area contributed by atoms with Gasteiger partial charge in [0.15, 0.2) is 5.82 Å². The molecule has 1 aliphatic heterocycles. The van der Waals surface area contributed by atoms with E-state index in [9.17, 15) is 0 Å². The van der Waals surface area contributed by atoms with Crippen LogP contribution in [0.1, 0.15) is 12.2 Å². The van der Waals surface area contributed by atoms with E-state index >= 15 is 0 Å². The largest absolute Gasteiger partial charge is 0.377 e. The van der Waals surface area contributed by atoms with Gasteiger partial charge in [0.25, 0.3) is 0 Å². The molecule has 0 amide bonds. The van der Waals surface area contributed by atoms with Gasteiger partial charge in [0.1, 0.15) is 6.61 Å². The van der Waals surface area contributed by atoms with E-state index in [1.165, 1.54) is 11.5 Å². The van der Waals surface area contributed by atoms with Crippen molar-refractivity contribution in [3.63, 3.8) is 0 Å². The maximum absolute atomic E-state index is 5.28. The highest BCUT2D eigenvalue weighted by Crippen LogP contribution is 2.19. The Morgan fingerprint density at radius 2 is 2.17 bits per heavy atom. The van der Waals surface area contributed by atoms with E-state index in [1.54, 1.807) is 7.11 Å². The molecule has 1 fully saturated rings. The van der Waals surface area contributed by atoms with Crippen LogP contribution in [0, 0.1) is 12.3 Å². The van der Waals surface area contributed by atoms with Crippen LogP contribution < -0.4 is 4.90 Å². The van der Waals surface area contributed by atoms with Crippen molar-refractivity contribution in [2.75, 3.05) is 44.7 Å². The lowest BCUT2D eigenvalue weighted by Gasteiger charge is -2.33. The first kappa shape index (κ1) is 13.3. The number of hydrogen-bond acceptors (Lipinski definition) is 6. The van der Waals surface area contributed by atoms with Crippen molar-refractivity contribution < 1.29 is 4.74 Å². The first-order valence-corrected chi connectivity index (χ1v) is 6.83. The molecule has 0 aromatic carbocycles. The van der Waals surface area contributed by atoms with Crippen molar-refractivity contribution in [1.29, 1.82) is 0 Å². The van der Waals surface area contributed by atoms with Gasteiger partial charge in [0, 0.05) is 57.8 Å². The normalized spacial score (nSPS) is 16.8. The quantitative estimate of drug-likeness (QED) is 0.738. The highest BCUT2D eigenvalue weighted by molar-refractivity contribution is 7.09. The Morgan fingerprint density at radius 3 is 2.83 bits per heavy atom. The Hall–Kier alpha value is -1.16. The van der Waals surface area contributed by atoms with Gasteiger partial charge in [0.2, 0.25) is 5.13 Å². The van der Waals surface area contributed by atoms with Crippen LogP contribution >= 0.6 is 11.5 Å². The Kier molecular flexibility index (Phi) is 4.93. The highest BCUT2D eigenvalue weighted by atomic mass is 32.1. The predicted octanol–water partition coefficient (Wildman–Crippen LogP) is 0.830. The number of anilines is 1. The number of methoxy groups -OCH3 is 1. The molecule has 18 heavy (non-hydrogen) atoms. The maximum Gasteiger partial charge on any atom is 0.205 e. The third kappa shape index (κ3) is 3.42. The van der Waals surface area contributed by atoms with E-state index in [0.717, 1.165) is 50.1 Å². The maximum atomic E-state index is 5.28. The van der Waals surface area contributed by atoms with Crippen molar-refractivity contribution in [1.82, 2.24) is 14.3 Å². The smallest absolute Gasteiger partial charge is 0.205 e. The van der Waals surface area contributed by atoms with Gasteiger partial charge >= 0.3 is 0 Å². The lowest BCUT2D eigenvalue weighted by atomic mass is 10.3. The van der Waals surface area contributed by atoms with Crippen LogP contribution in [0.4, 0.5) is 5.13 Å². The van der Waals surface area contributed by atoms with E-state index in [4.69, 9.17) is 11.2 Å². The molecule has 0 radical (unpaired) electrons. The predicted molar refractivity (Wildman–Crippen MR) is 72.7 cm³/mol. The minimum atomic E-state index is 0.485. The fourth-order valence-electron chi connectivity index (χ4n) is 1.95. The van der Waals surface area contributed by atoms with Gasteiger partial charge in [-0.2, -0.15) is 4.37 Å². The second-order valence-electron chi connectivity index (χ2n) is 4.21. The summed E-state index contributed by atoms with van der Waals surface area (Å²) in [6, 6.07) is 0. The third-order valence-electron chi connectivity index (χ3n) is 2.95. The summed E-state index contributed by atoms with van der Waals surface area (Å²) in [5, 5.41) is 0.999. The summed E-state index contributed by atoms with van der Waals surface area (Å²) in [4.78, 5) is 9.15. The van der Waals surface area contributed by atoms with Crippen LogP contribution in [0.25, 0.3) is 0 Å². The van der Waals surface area contributed by atoms with Crippen LogP contribution in [0.3, 0.4) is 0 Å². The van der Waals surface area contributed by atoms with Crippen molar-refractivity contribution >= 4 is 16.7 Å². The molecule has 2 heterocycles. The number of terminal acetylenes is 1. The standard InChI is InChI=1S/C12H18N4OS/c1-3-4-5-15-6-8-16(9-7-15)12-13-11(10-17-2)14-18-12/h1H,4-10H2,2H3. The molecule has 1 aliphatic rings. The molecule has 0 spiro atoms. The van der Waals surface area contributed by atoms with Gasteiger partial charge in [0.05, 0.1) is 0 Å². The van der Waals surface area contributed by atoms with E-state index < -0.39 is 0 Å². The molecule has 0 N–H and O–H groups in total. The van der Waals surface area contributed by atoms with E-state index in [2.05, 4.69) is 25.1 Å². The van der Waals surface area contributed by atoms with Gasteiger partial charge in [-0.25, -0.2) is 4.98 Å². The SMILES string of the molecule is C#CCCN1CCN(c2nc(COC)ns2)CC1. The molecule has 5 nitrogen and oxygen atoms in total. The Morgan fingerprint density at radius 1 is 1.39 bits per heavy atom. The van der Waals surface area contributed by atoms with Gasteiger partial charge in [-0.15, -0.1) is 12.3 Å². The second-order valence-corrected chi connectivity index (χ2v) is 4.94. The summed E-state index contributed by atoms with van der Waals surface area (Å²) in [6.45, 7) is 5.55. The fourth-order valence-corrected chi connectivity index (χ4v) is 2.67. The lowest BCUT2D eigenvalue weighted by molar-refractivity contribution is 0.179. The lowest BCUT2D eigenvalue weighted by Crippen LogP contribution is -2.46. The Bertz CT molecular complexity index is 406. The average molecular weight is 266 g/mol. The molecule has 0 saturated carbocycles. The van der Waals surface area contributed by atoms with Gasteiger partial charge in [-0.3, -0.25) is 4.90 Å². The van der Waals surface area contributed by atoms with Gasteiger partial charge in [-0.05, 0) is 0 Å². The highest BCUT2D eigenvalue weighted by Gasteiger charge is 2.19. The molecule has 1 aromatic rings. The van der Waals surface area contributed by atoms with E-state index in [-0.39, 0.29) is 0 Å². The van der Waals surface area contributed by atoms with Crippen LogP contribution in [0.5, 0.6) is 0 Å². The summed E-state index contributed by atoms with van der Waals surface area (Å²) in [5.74, 6) is 3.46. The minimum Gasteiger partial charge on any atom is -0.377 e. The number of ether oxygens (including phenoxy) is 1. The van der Waals surface area contributed by atoms with Crippen molar-refractivity contribution in [2.45, 2.75) is 13.0 Å². The first-order valence-electron chi connectivity index (χ1n) is 6.05. The van der Waals surface area contributed by atoms with Crippen LogP contribution in [0.2, 0.25) is 0 Å². The fraction of sp³-hybridized carbons (Fsp3) is 0.667. The third-order valence-corrected chi connectivity index (χ3v) is 3.76. The summed E-state index contributed by atoms with van der Waals surface area (Å²) in [6.07, 6.45) is 6.11. The summed E-state index contributed by atoms with van der Waals surface area (Å²) in [7, 11) is 1.66. The molecule has 0 atom stereocenters. The molecule has 2 rings (SSSR count). The second kappa shape index (κ2) is 6.69. The number of piperazine rings is 1. The zero-order chi connectivity index (χ0) is 12.8. The van der Waals surface area contributed by atoms with E-state index in [1.807, 2.05) is 0 Å². The molecule has 6 heteroatoms. The van der Waals surface area contributed by atoms with Crippen LogP contribution in [-0.2, 0) is 11.3 Å². The summed E-state index contributed by atoms with van der Waals surface area (Å²) >= 11 is 1.45. The molecular formula is C12H18N4OS. The van der Waals surface area contributed by atoms with Gasteiger partial charge < -0.3 is 9.64 Å². The number of rotatable bonds is 5. The molecule has 0 unspecified atom stereocenters. The molecule has 0 aliphatic carbocycles. The average Bonchev–Trinajstić information content (AvgIpc) is 2.86. The number of hydrogen-bond donors (Lipinski definition) is 0. The summed E-state index contributed by atoms with van der Waals surface area (Å²) in [5.41, 5.74) is 0. The first-order chi connectivity index (χ1) is 8.83. The molecule has 0 bridgehead atoms. The summed E-state index contributed by atoms with van der Waals surface area (Å²) < 4.78 is 9.30. The van der Waals surface area contributed by atoms with Gasteiger partial charge in [-0.1, -0.05) is 0 Å². The number of aromatic nitrogens is 2. The zero-order valence-corrected chi connectivity index (χ0v) is 11.4. The van der Waals surface area contributed by atoms with Crippen molar-refractivity contribution in [3.8, 4) is 12.3 Å². The molecule has 1 aromatic heterocycles. The zero-order valence-electron chi connectivity index (χ0n) is 10.6. The Labute approximate surface area is 112 Å². The van der Waals surface area contributed by atoms with Crippen LogP contribution in [-0.4, -0.2) is 54.1 Å². The molecule has 98 valence electrons. The van der Waals surface area contributed by atoms with Crippen LogP contribution in [0.15, 0.2) is 0 Å². The topological polar surface area (TPSA) is 41.5 Å². The molecule has 1 saturated heterocycles. The minimum absolute atomic E-state index is 0.485. The van der Waals surface area contributed by atoms with Crippen molar-refractivity contribution in [3.05, 3.63) is 5.82 Å². The Balaban J connectivity index is 1.83.